The second-order valence-electron chi connectivity index (χ2n) is 4.57. The van der Waals surface area contributed by atoms with E-state index < -0.39 is 0 Å². The maximum atomic E-state index is 12.1. The molecule has 1 aromatic rings. The van der Waals surface area contributed by atoms with Gasteiger partial charge in [-0.1, -0.05) is 6.92 Å². The summed E-state index contributed by atoms with van der Waals surface area (Å²) in [6, 6.07) is 1.89. The lowest BCUT2D eigenvalue weighted by atomic mass is 10.0. The first-order chi connectivity index (χ1) is 8.70. The van der Waals surface area contributed by atoms with E-state index in [1.54, 1.807) is 16.9 Å². The molecule has 1 aliphatic heterocycles. The third kappa shape index (κ3) is 3.08. The molecule has 1 saturated heterocycles. The Bertz CT molecular complexity index is 405. The number of hydrogen-bond acceptors (Lipinski definition) is 4. The Morgan fingerprint density at radius 3 is 3.11 bits per heavy atom. The van der Waals surface area contributed by atoms with Crippen molar-refractivity contribution in [2.24, 2.45) is 13.0 Å². The van der Waals surface area contributed by atoms with Gasteiger partial charge < -0.3 is 15.4 Å². The molecule has 1 amide bonds. The van der Waals surface area contributed by atoms with Crippen molar-refractivity contribution in [2.75, 3.05) is 25.1 Å². The monoisotopic (exact) mass is 252 g/mol. The van der Waals surface area contributed by atoms with E-state index in [2.05, 4.69) is 22.7 Å². The highest BCUT2D eigenvalue weighted by Gasteiger charge is 2.33. The number of nitrogens with one attached hydrogen (secondary N) is 2. The average molecular weight is 252 g/mol. The van der Waals surface area contributed by atoms with Crippen molar-refractivity contribution < 1.29 is 9.53 Å². The molecule has 0 aromatic carbocycles. The van der Waals surface area contributed by atoms with Gasteiger partial charge in [0.15, 0.2) is 5.82 Å². The average Bonchev–Trinajstić information content (AvgIpc) is 2.95. The number of anilines is 1. The maximum Gasteiger partial charge on any atom is 0.232 e. The summed E-state index contributed by atoms with van der Waals surface area (Å²) in [7, 11) is 1.82. The lowest BCUT2D eigenvalue weighted by molar-refractivity contribution is -0.120. The number of aryl methyl sites for hydroxylation is 1. The fraction of sp³-hybridized carbons (Fsp3) is 0.667. The summed E-state index contributed by atoms with van der Waals surface area (Å²) in [5, 5.41) is 10.3. The van der Waals surface area contributed by atoms with Crippen molar-refractivity contribution in [1.82, 2.24) is 15.1 Å². The molecule has 0 saturated carbocycles. The van der Waals surface area contributed by atoms with Crippen LogP contribution in [0.25, 0.3) is 0 Å². The topological polar surface area (TPSA) is 68.2 Å². The fourth-order valence-electron chi connectivity index (χ4n) is 2.04. The molecule has 0 aliphatic carbocycles. The summed E-state index contributed by atoms with van der Waals surface area (Å²) in [5.74, 6) is 0.419. The van der Waals surface area contributed by atoms with Crippen molar-refractivity contribution in [3.05, 3.63) is 12.3 Å². The van der Waals surface area contributed by atoms with Crippen molar-refractivity contribution in [2.45, 2.75) is 19.4 Å². The Kier molecular flexibility index (Phi) is 4.33. The van der Waals surface area contributed by atoms with E-state index in [-0.39, 0.29) is 17.9 Å². The first-order valence-corrected chi connectivity index (χ1v) is 6.32. The van der Waals surface area contributed by atoms with Gasteiger partial charge in [-0.3, -0.25) is 9.48 Å². The molecule has 2 unspecified atom stereocenters. The highest BCUT2D eigenvalue weighted by atomic mass is 16.5. The van der Waals surface area contributed by atoms with E-state index in [4.69, 9.17) is 4.74 Å². The van der Waals surface area contributed by atoms with Crippen molar-refractivity contribution in [1.29, 1.82) is 0 Å². The Morgan fingerprint density at radius 1 is 1.61 bits per heavy atom. The van der Waals surface area contributed by atoms with Crippen LogP contribution in [0.15, 0.2) is 12.3 Å². The van der Waals surface area contributed by atoms with Gasteiger partial charge in [-0.2, -0.15) is 5.10 Å². The van der Waals surface area contributed by atoms with Crippen LogP contribution in [0.3, 0.4) is 0 Å². The minimum Gasteiger partial charge on any atom is -0.379 e. The molecule has 1 aromatic heterocycles. The van der Waals surface area contributed by atoms with E-state index in [1.807, 2.05) is 7.05 Å². The molecule has 2 rings (SSSR count). The summed E-state index contributed by atoms with van der Waals surface area (Å²) < 4.78 is 7.04. The van der Waals surface area contributed by atoms with Crippen LogP contribution in [0.5, 0.6) is 0 Å². The van der Waals surface area contributed by atoms with Crippen LogP contribution in [0, 0.1) is 5.92 Å². The number of carbonyl (C=O) groups is 1. The predicted octanol–water partition coefficient (Wildman–Crippen LogP) is 0.373. The molecule has 2 N–H and O–H groups in total. The van der Waals surface area contributed by atoms with Gasteiger partial charge in [-0.25, -0.2) is 0 Å². The van der Waals surface area contributed by atoms with Crippen LogP contribution in [0.4, 0.5) is 5.82 Å². The number of rotatable bonds is 5. The van der Waals surface area contributed by atoms with Crippen LogP contribution in [0.2, 0.25) is 0 Å². The summed E-state index contributed by atoms with van der Waals surface area (Å²) >= 11 is 0. The largest absolute Gasteiger partial charge is 0.379 e. The molecule has 6 nitrogen and oxygen atoms in total. The summed E-state index contributed by atoms with van der Waals surface area (Å²) in [5.41, 5.74) is 0. The summed E-state index contributed by atoms with van der Waals surface area (Å²) in [4.78, 5) is 12.1. The molecule has 0 spiro atoms. The zero-order valence-electron chi connectivity index (χ0n) is 10.8. The molecule has 2 atom stereocenters. The molecular weight excluding hydrogens is 232 g/mol. The van der Waals surface area contributed by atoms with Gasteiger partial charge in [0.2, 0.25) is 5.91 Å². The van der Waals surface area contributed by atoms with Crippen LogP contribution >= 0.6 is 0 Å². The smallest absolute Gasteiger partial charge is 0.232 e. The molecule has 0 bridgehead atoms. The Morgan fingerprint density at radius 2 is 2.44 bits per heavy atom. The molecule has 1 aliphatic rings. The fourth-order valence-corrected chi connectivity index (χ4v) is 2.04. The standard InChI is InChI=1S/C12H20N4O2/c1-3-5-13-10-8-18-7-9(10)12(17)14-11-4-6-16(2)15-11/h4,6,9-10,13H,3,5,7-8H2,1-2H3,(H,14,15,17). The maximum absolute atomic E-state index is 12.1. The van der Waals surface area contributed by atoms with Gasteiger partial charge >= 0.3 is 0 Å². The molecule has 0 radical (unpaired) electrons. The molecule has 1 fully saturated rings. The third-order valence-corrected chi connectivity index (χ3v) is 3.04. The highest BCUT2D eigenvalue weighted by molar-refractivity contribution is 5.92. The summed E-state index contributed by atoms with van der Waals surface area (Å²) in [6.07, 6.45) is 2.85. The number of aromatic nitrogens is 2. The number of hydrogen-bond donors (Lipinski definition) is 2. The van der Waals surface area contributed by atoms with Crippen LogP contribution in [0.1, 0.15) is 13.3 Å². The highest BCUT2D eigenvalue weighted by Crippen LogP contribution is 2.16. The van der Waals surface area contributed by atoms with E-state index in [9.17, 15) is 4.79 Å². The van der Waals surface area contributed by atoms with Gasteiger partial charge in [0.1, 0.15) is 0 Å². The zero-order valence-corrected chi connectivity index (χ0v) is 10.8. The van der Waals surface area contributed by atoms with Crippen molar-refractivity contribution in [3.8, 4) is 0 Å². The SMILES string of the molecule is CCCNC1COCC1C(=O)Nc1ccn(C)n1. The van der Waals surface area contributed by atoms with E-state index in [0.29, 0.717) is 19.0 Å². The van der Waals surface area contributed by atoms with E-state index in [0.717, 1.165) is 13.0 Å². The molecule has 6 heteroatoms. The van der Waals surface area contributed by atoms with Gasteiger partial charge in [-0.15, -0.1) is 0 Å². The second-order valence-corrected chi connectivity index (χ2v) is 4.57. The Hall–Kier alpha value is -1.40. The van der Waals surface area contributed by atoms with Gasteiger partial charge in [-0.05, 0) is 13.0 Å². The summed E-state index contributed by atoms with van der Waals surface area (Å²) in [6.45, 7) is 4.08. The Labute approximate surface area is 107 Å². The zero-order chi connectivity index (χ0) is 13.0. The van der Waals surface area contributed by atoms with Gasteiger partial charge in [0.25, 0.3) is 0 Å². The molecule has 2 heterocycles. The van der Waals surface area contributed by atoms with E-state index >= 15 is 0 Å². The number of amides is 1. The van der Waals surface area contributed by atoms with Crippen LogP contribution < -0.4 is 10.6 Å². The normalized spacial score (nSPS) is 23.2. The minimum atomic E-state index is -0.140. The predicted molar refractivity (Wildman–Crippen MR) is 68.2 cm³/mol. The quantitative estimate of drug-likeness (QED) is 0.794. The van der Waals surface area contributed by atoms with Crippen LogP contribution in [-0.2, 0) is 16.6 Å². The van der Waals surface area contributed by atoms with Gasteiger partial charge in [0.05, 0.1) is 19.1 Å². The van der Waals surface area contributed by atoms with Crippen molar-refractivity contribution in [3.63, 3.8) is 0 Å². The van der Waals surface area contributed by atoms with Crippen molar-refractivity contribution >= 4 is 11.7 Å². The lowest BCUT2D eigenvalue weighted by Crippen LogP contribution is -2.41. The molecule has 100 valence electrons. The van der Waals surface area contributed by atoms with Gasteiger partial charge in [0, 0.05) is 25.4 Å². The Balaban J connectivity index is 1.91. The first-order valence-electron chi connectivity index (χ1n) is 6.32. The first kappa shape index (κ1) is 13.0. The van der Waals surface area contributed by atoms with Crippen LogP contribution in [-0.4, -0.2) is 41.5 Å². The molecular formula is C12H20N4O2. The minimum absolute atomic E-state index is 0.0280. The second kappa shape index (κ2) is 5.97. The number of ether oxygens (including phenoxy) is 1. The lowest BCUT2D eigenvalue weighted by Gasteiger charge is -2.17. The number of carbonyl (C=O) groups excluding carboxylic acids is 1. The number of nitrogens with zero attached hydrogens (tertiary/aromatic N) is 2. The van der Waals surface area contributed by atoms with E-state index in [1.165, 1.54) is 0 Å². The molecule has 18 heavy (non-hydrogen) atoms. The third-order valence-electron chi connectivity index (χ3n) is 3.04.